The van der Waals surface area contributed by atoms with E-state index in [0.717, 1.165) is 25.5 Å². The van der Waals surface area contributed by atoms with Gasteiger partial charge in [-0.3, -0.25) is 9.78 Å². The highest BCUT2D eigenvalue weighted by molar-refractivity contribution is 5.98. The molecule has 0 saturated carbocycles. The van der Waals surface area contributed by atoms with Gasteiger partial charge in [0.15, 0.2) is 0 Å². The summed E-state index contributed by atoms with van der Waals surface area (Å²) in [7, 11) is 4.02. The summed E-state index contributed by atoms with van der Waals surface area (Å²) in [6.45, 7) is 1.58. The summed E-state index contributed by atoms with van der Waals surface area (Å²) in [5.41, 5.74) is 0.917. The lowest BCUT2D eigenvalue weighted by Crippen LogP contribution is -2.26. The molecule has 1 amide bonds. The van der Waals surface area contributed by atoms with Crippen molar-refractivity contribution in [1.82, 2.24) is 15.2 Å². The average Bonchev–Trinajstić information content (AvgIpc) is 2.44. The number of aliphatic carboxylic acids is 1. The van der Waals surface area contributed by atoms with Gasteiger partial charge in [-0.25, -0.2) is 4.79 Å². The zero-order valence-corrected chi connectivity index (χ0v) is 12.4. The molecule has 6 heteroatoms. The number of aromatic nitrogens is 1. The molecule has 1 heterocycles. The number of nitrogens with zero attached hydrogens (tertiary/aromatic N) is 2. The smallest absolute Gasteiger partial charge is 0.328 e. The Labute approximate surface area is 124 Å². The molecule has 0 fully saturated rings. The first-order valence-corrected chi connectivity index (χ1v) is 6.78. The van der Waals surface area contributed by atoms with Gasteiger partial charge in [0.25, 0.3) is 5.91 Å². The predicted octanol–water partition coefficient (Wildman–Crippen LogP) is 1.25. The number of carboxylic acids is 1. The number of hydrogen-bond acceptors (Lipinski definition) is 4. The zero-order chi connectivity index (χ0) is 15.7. The number of pyridine rings is 1. The van der Waals surface area contributed by atoms with Crippen LogP contribution in [-0.4, -0.2) is 54.1 Å². The highest BCUT2D eigenvalue weighted by atomic mass is 16.4. The van der Waals surface area contributed by atoms with Gasteiger partial charge in [0.05, 0.1) is 0 Å². The highest BCUT2D eigenvalue weighted by Gasteiger charge is 2.09. The molecule has 0 unspecified atom stereocenters. The maximum Gasteiger partial charge on any atom is 0.328 e. The third-order valence-corrected chi connectivity index (χ3v) is 2.82. The molecule has 0 radical (unpaired) electrons. The molecule has 0 aliphatic rings. The summed E-state index contributed by atoms with van der Waals surface area (Å²) in [6, 6.07) is 1.58. The summed E-state index contributed by atoms with van der Waals surface area (Å²) in [6.07, 6.45) is 7.26. The quantitative estimate of drug-likeness (QED) is 0.556. The molecule has 1 rings (SSSR count). The van der Waals surface area contributed by atoms with Gasteiger partial charge in [0.1, 0.15) is 0 Å². The molecule has 1 aromatic rings. The molecule has 0 aromatic carbocycles. The second kappa shape index (κ2) is 8.86. The van der Waals surface area contributed by atoms with E-state index in [0.29, 0.717) is 17.7 Å². The lowest BCUT2D eigenvalue weighted by molar-refractivity contribution is -0.131. The van der Waals surface area contributed by atoms with Crippen molar-refractivity contribution in [2.45, 2.75) is 12.8 Å². The molecule has 1 aromatic heterocycles. The first-order valence-electron chi connectivity index (χ1n) is 6.78. The molecule has 0 atom stereocenters. The van der Waals surface area contributed by atoms with E-state index in [9.17, 15) is 9.59 Å². The van der Waals surface area contributed by atoms with E-state index in [1.54, 1.807) is 6.07 Å². The summed E-state index contributed by atoms with van der Waals surface area (Å²) in [5, 5.41) is 11.5. The molecule has 0 saturated heterocycles. The molecular formula is C15H21N3O3. The minimum Gasteiger partial charge on any atom is -0.478 e. The van der Waals surface area contributed by atoms with Gasteiger partial charge < -0.3 is 15.3 Å². The van der Waals surface area contributed by atoms with Crippen LogP contribution in [0.25, 0.3) is 6.08 Å². The van der Waals surface area contributed by atoms with E-state index < -0.39 is 5.97 Å². The Morgan fingerprint density at radius 1 is 1.38 bits per heavy atom. The number of carbonyl (C=O) groups excluding carboxylic acids is 1. The summed E-state index contributed by atoms with van der Waals surface area (Å²) in [5.74, 6) is -1.28. The Bertz CT molecular complexity index is 513. The largest absolute Gasteiger partial charge is 0.478 e. The van der Waals surface area contributed by atoms with Gasteiger partial charge in [0, 0.05) is 36.1 Å². The van der Waals surface area contributed by atoms with E-state index in [2.05, 4.69) is 15.2 Å². The fraction of sp³-hybridized carbons (Fsp3) is 0.400. The van der Waals surface area contributed by atoms with Crippen LogP contribution < -0.4 is 5.32 Å². The minimum absolute atomic E-state index is 0.215. The van der Waals surface area contributed by atoms with E-state index in [1.807, 2.05) is 14.1 Å². The highest BCUT2D eigenvalue weighted by Crippen LogP contribution is 2.09. The molecule has 6 nitrogen and oxygen atoms in total. The number of nitrogens with one attached hydrogen (secondary N) is 1. The predicted molar refractivity (Wildman–Crippen MR) is 81.0 cm³/mol. The van der Waals surface area contributed by atoms with Crippen molar-refractivity contribution < 1.29 is 14.7 Å². The van der Waals surface area contributed by atoms with E-state index in [-0.39, 0.29) is 5.91 Å². The summed E-state index contributed by atoms with van der Waals surface area (Å²) >= 11 is 0. The Hall–Kier alpha value is -2.21. The second-order valence-corrected chi connectivity index (χ2v) is 4.90. The van der Waals surface area contributed by atoms with Gasteiger partial charge in [-0.1, -0.05) is 0 Å². The number of amides is 1. The van der Waals surface area contributed by atoms with E-state index in [1.165, 1.54) is 18.5 Å². The van der Waals surface area contributed by atoms with Gasteiger partial charge in [-0.15, -0.1) is 0 Å². The second-order valence-electron chi connectivity index (χ2n) is 4.90. The van der Waals surface area contributed by atoms with Crippen LogP contribution in [0, 0.1) is 0 Å². The maximum atomic E-state index is 12.1. The normalized spacial score (nSPS) is 11.0. The summed E-state index contributed by atoms with van der Waals surface area (Å²) in [4.78, 5) is 28.6. The first-order chi connectivity index (χ1) is 10.0. The molecule has 0 bridgehead atoms. The lowest BCUT2D eigenvalue weighted by atomic mass is 10.1. The van der Waals surface area contributed by atoms with Crippen molar-refractivity contribution in [3.8, 4) is 0 Å². The number of carboxylic acid groups (broad SMARTS) is 1. The van der Waals surface area contributed by atoms with Gasteiger partial charge in [-0.05, 0) is 45.6 Å². The average molecular weight is 291 g/mol. The number of rotatable bonds is 8. The van der Waals surface area contributed by atoms with Crippen molar-refractivity contribution in [3.63, 3.8) is 0 Å². The van der Waals surface area contributed by atoms with Crippen LogP contribution in [0.2, 0.25) is 0 Å². The van der Waals surface area contributed by atoms with Crippen LogP contribution in [0.1, 0.15) is 28.8 Å². The number of hydrogen-bond donors (Lipinski definition) is 2. The van der Waals surface area contributed by atoms with Gasteiger partial charge in [0.2, 0.25) is 0 Å². The molecule has 114 valence electrons. The van der Waals surface area contributed by atoms with Crippen LogP contribution in [0.15, 0.2) is 24.5 Å². The number of carbonyl (C=O) groups is 2. The molecular weight excluding hydrogens is 270 g/mol. The molecule has 0 aliphatic heterocycles. The minimum atomic E-state index is -1.06. The Morgan fingerprint density at radius 3 is 2.81 bits per heavy atom. The van der Waals surface area contributed by atoms with Crippen molar-refractivity contribution in [3.05, 3.63) is 35.7 Å². The van der Waals surface area contributed by atoms with Crippen LogP contribution >= 0.6 is 0 Å². The fourth-order valence-electron chi connectivity index (χ4n) is 1.76. The monoisotopic (exact) mass is 291 g/mol. The van der Waals surface area contributed by atoms with Crippen LogP contribution in [-0.2, 0) is 4.79 Å². The number of unbranched alkanes of at least 4 members (excludes halogenated alkanes) is 1. The third-order valence-electron chi connectivity index (χ3n) is 2.82. The molecule has 21 heavy (non-hydrogen) atoms. The molecule has 2 N–H and O–H groups in total. The third kappa shape index (κ3) is 6.67. The van der Waals surface area contributed by atoms with E-state index in [4.69, 9.17) is 5.11 Å². The van der Waals surface area contributed by atoms with Gasteiger partial charge in [-0.2, -0.15) is 0 Å². The van der Waals surface area contributed by atoms with Crippen molar-refractivity contribution in [2.75, 3.05) is 27.2 Å². The van der Waals surface area contributed by atoms with Crippen LogP contribution in [0.5, 0.6) is 0 Å². The van der Waals surface area contributed by atoms with Crippen molar-refractivity contribution >= 4 is 18.0 Å². The maximum absolute atomic E-state index is 12.1. The molecule has 0 aliphatic carbocycles. The van der Waals surface area contributed by atoms with Gasteiger partial charge >= 0.3 is 5.97 Å². The SMILES string of the molecule is CN(C)CCCCNC(=O)c1ccncc1C=CC(=O)O. The Morgan fingerprint density at radius 2 is 2.14 bits per heavy atom. The van der Waals surface area contributed by atoms with Crippen LogP contribution in [0.4, 0.5) is 0 Å². The molecule has 0 spiro atoms. The topological polar surface area (TPSA) is 82.5 Å². The Balaban J connectivity index is 2.56. The Kier molecular flexibility index (Phi) is 7.11. The van der Waals surface area contributed by atoms with E-state index >= 15 is 0 Å². The van der Waals surface area contributed by atoms with Crippen molar-refractivity contribution in [2.24, 2.45) is 0 Å². The first kappa shape index (κ1) is 16.8. The standard InChI is InChI=1S/C15H21N3O3/c1-18(2)10-4-3-8-17-15(21)13-7-9-16-11-12(13)5-6-14(19)20/h5-7,9,11H,3-4,8,10H2,1-2H3,(H,17,21)(H,19,20). The fourth-order valence-corrected chi connectivity index (χ4v) is 1.76. The van der Waals surface area contributed by atoms with Crippen molar-refractivity contribution in [1.29, 1.82) is 0 Å². The lowest BCUT2D eigenvalue weighted by Gasteiger charge is -2.10. The zero-order valence-electron chi connectivity index (χ0n) is 12.4. The summed E-state index contributed by atoms with van der Waals surface area (Å²) < 4.78 is 0. The van der Waals surface area contributed by atoms with Crippen LogP contribution in [0.3, 0.4) is 0 Å².